The smallest absolute Gasteiger partial charge is 0.0897 e. The molecule has 0 amide bonds. The van der Waals surface area contributed by atoms with Gasteiger partial charge >= 0.3 is 0 Å². The van der Waals surface area contributed by atoms with E-state index in [0.29, 0.717) is 13.2 Å². The predicted molar refractivity (Wildman–Crippen MR) is 77.0 cm³/mol. The van der Waals surface area contributed by atoms with E-state index in [1.165, 1.54) is 6.42 Å². The fourth-order valence-electron chi connectivity index (χ4n) is 2.25. The van der Waals surface area contributed by atoms with Gasteiger partial charge in [0.15, 0.2) is 0 Å². The van der Waals surface area contributed by atoms with Crippen LogP contribution in [0.3, 0.4) is 0 Å². The molecule has 3 heteroatoms. The average molecular weight is 263 g/mol. The van der Waals surface area contributed by atoms with Crippen LogP contribution in [0.5, 0.6) is 0 Å². The van der Waals surface area contributed by atoms with Gasteiger partial charge < -0.3 is 15.2 Å². The molecule has 0 radical (unpaired) electrons. The zero-order valence-electron chi connectivity index (χ0n) is 11.9. The van der Waals surface area contributed by atoms with Crippen molar-refractivity contribution in [3.05, 3.63) is 35.9 Å². The molecule has 1 aliphatic carbocycles. The fraction of sp³-hybridized carbons (Fsp3) is 0.625. The molecule has 1 aromatic rings. The molecule has 1 aromatic carbocycles. The monoisotopic (exact) mass is 263 g/mol. The molecule has 0 spiro atoms. The van der Waals surface area contributed by atoms with Gasteiger partial charge in [-0.15, -0.1) is 0 Å². The number of ether oxygens (including phenoxy) is 1. The summed E-state index contributed by atoms with van der Waals surface area (Å²) < 4.78 is 5.69. The highest BCUT2D eigenvalue weighted by Gasteiger charge is 2.31. The zero-order chi connectivity index (χ0) is 13.7. The van der Waals surface area contributed by atoms with E-state index in [1.54, 1.807) is 0 Å². The van der Waals surface area contributed by atoms with Gasteiger partial charge in [0, 0.05) is 6.54 Å². The number of hydrogen-bond acceptors (Lipinski definition) is 3. The van der Waals surface area contributed by atoms with E-state index in [2.05, 4.69) is 12.2 Å². The van der Waals surface area contributed by atoms with Gasteiger partial charge in [-0.05, 0) is 37.3 Å². The summed E-state index contributed by atoms with van der Waals surface area (Å²) in [6, 6.07) is 10.1. The van der Waals surface area contributed by atoms with Crippen molar-refractivity contribution in [2.24, 2.45) is 11.8 Å². The lowest BCUT2D eigenvalue weighted by Gasteiger charge is -2.17. The lowest BCUT2D eigenvalue weighted by atomic mass is 10.1. The maximum atomic E-state index is 9.86. The van der Waals surface area contributed by atoms with Crippen LogP contribution in [-0.4, -0.2) is 30.9 Å². The van der Waals surface area contributed by atoms with Crippen LogP contribution < -0.4 is 5.32 Å². The highest BCUT2D eigenvalue weighted by molar-refractivity contribution is 5.16. The number of hydrogen-bond donors (Lipinski definition) is 2. The summed E-state index contributed by atoms with van der Waals surface area (Å²) in [5, 5.41) is 13.2. The molecule has 4 unspecified atom stereocenters. The van der Waals surface area contributed by atoms with E-state index in [4.69, 9.17) is 4.74 Å². The Hall–Kier alpha value is -0.900. The molecule has 4 atom stereocenters. The van der Waals surface area contributed by atoms with Gasteiger partial charge in [0.05, 0.1) is 18.8 Å². The van der Waals surface area contributed by atoms with Gasteiger partial charge in [0.2, 0.25) is 0 Å². The zero-order valence-corrected chi connectivity index (χ0v) is 11.9. The molecule has 1 saturated carbocycles. The van der Waals surface area contributed by atoms with Gasteiger partial charge in [-0.3, -0.25) is 0 Å². The Labute approximate surface area is 116 Å². The second kappa shape index (κ2) is 7.04. The Morgan fingerprint density at radius 1 is 1.37 bits per heavy atom. The number of rotatable bonds is 8. The van der Waals surface area contributed by atoms with Crippen molar-refractivity contribution < 1.29 is 9.84 Å². The first-order valence-corrected chi connectivity index (χ1v) is 7.22. The third-order valence-electron chi connectivity index (χ3n) is 3.87. The summed E-state index contributed by atoms with van der Waals surface area (Å²) in [5.74, 6) is 1.68. The van der Waals surface area contributed by atoms with Crippen LogP contribution in [0.2, 0.25) is 0 Å². The highest BCUT2D eigenvalue weighted by Crippen LogP contribution is 2.36. The topological polar surface area (TPSA) is 41.5 Å². The quantitative estimate of drug-likeness (QED) is 0.756. The summed E-state index contributed by atoms with van der Waals surface area (Å²) >= 11 is 0. The van der Waals surface area contributed by atoms with E-state index in [-0.39, 0.29) is 6.10 Å². The Morgan fingerprint density at radius 2 is 2.05 bits per heavy atom. The Balaban J connectivity index is 1.59. The van der Waals surface area contributed by atoms with Crippen molar-refractivity contribution in [1.29, 1.82) is 0 Å². The minimum absolute atomic E-state index is 0.0271. The SMILES string of the molecule is CC(OCC(O)CNCC1CC1C)c1ccccc1. The second-order valence-electron chi connectivity index (χ2n) is 5.67. The standard InChI is InChI=1S/C16H25NO2/c1-12-8-15(12)9-17-10-16(18)11-19-13(2)14-6-4-3-5-7-14/h3-7,12-13,15-18H,8-11H2,1-2H3. The first kappa shape index (κ1) is 14.5. The molecule has 0 aromatic heterocycles. The number of aliphatic hydroxyl groups is 1. The van der Waals surface area contributed by atoms with E-state index < -0.39 is 6.10 Å². The second-order valence-corrected chi connectivity index (χ2v) is 5.67. The van der Waals surface area contributed by atoms with Gasteiger partial charge in [0.1, 0.15) is 0 Å². The molecule has 106 valence electrons. The molecule has 2 rings (SSSR count). The van der Waals surface area contributed by atoms with Crippen molar-refractivity contribution >= 4 is 0 Å². The Morgan fingerprint density at radius 3 is 2.68 bits per heavy atom. The van der Waals surface area contributed by atoms with Crippen molar-refractivity contribution in [3.8, 4) is 0 Å². The molecule has 1 aliphatic rings. The van der Waals surface area contributed by atoms with Crippen LogP contribution in [0, 0.1) is 11.8 Å². The molecule has 1 fully saturated rings. The van der Waals surface area contributed by atoms with Gasteiger partial charge in [-0.2, -0.15) is 0 Å². The third kappa shape index (κ3) is 4.94. The van der Waals surface area contributed by atoms with E-state index >= 15 is 0 Å². The van der Waals surface area contributed by atoms with E-state index in [1.807, 2.05) is 37.3 Å². The Kier molecular flexibility index (Phi) is 5.37. The molecular weight excluding hydrogens is 238 g/mol. The van der Waals surface area contributed by atoms with Crippen molar-refractivity contribution in [2.75, 3.05) is 19.7 Å². The molecule has 2 N–H and O–H groups in total. The maximum Gasteiger partial charge on any atom is 0.0897 e. The maximum absolute atomic E-state index is 9.86. The number of benzene rings is 1. The molecule has 0 saturated heterocycles. The van der Waals surface area contributed by atoms with Crippen LogP contribution in [0.15, 0.2) is 30.3 Å². The Bertz CT molecular complexity index is 368. The van der Waals surface area contributed by atoms with E-state index in [9.17, 15) is 5.11 Å². The summed E-state index contributed by atoms with van der Waals surface area (Å²) in [7, 11) is 0. The first-order chi connectivity index (χ1) is 9.16. The lowest BCUT2D eigenvalue weighted by molar-refractivity contribution is -0.00205. The van der Waals surface area contributed by atoms with Crippen molar-refractivity contribution in [1.82, 2.24) is 5.32 Å². The summed E-state index contributed by atoms with van der Waals surface area (Å²) in [6.07, 6.45) is 0.921. The molecular formula is C16H25NO2. The fourth-order valence-corrected chi connectivity index (χ4v) is 2.25. The molecule has 0 aliphatic heterocycles. The van der Waals surface area contributed by atoms with Gasteiger partial charge in [-0.1, -0.05) is 37.3 Å². The minimum Gasteiger partial charge on any atom is -0.389 e. The predicted octanol–water partition coefficient (Wildman–Crippen LogP) is 2.37. The largest absolute Gasteiger partial charge is 0.389 e. The summed E-state index contributed by atoms with van der Waals surface area (Å²) in [6.45, 7) is 6.30. The van der Waals surface area contributed by atoms with Crippen LogP contribution in [0.4, 0.5) is 0 Å². The number of nitrogens with one attached hydrogen (secondary N) is 1. The van der Waals surface area contributed by atoms with Crippen molar-refractivity contribution in [2.45, 2.75) is 32.5 Å². The molecule has 0 heterocycles. The first-order valence-electron chi connectivity index (χ1n) is 7.22. The molecule has 0 bridgehead atoms. The van der Waals surface area contributed by atoms with Crippen LogP contribution in [-0.2, 0) is 4.74 Å². The number of aliphatic hydroxyl groups excluding tert-OH is 1. The third-order valence-corrected chi connectivity index (χ3v) is 3.87. The highest BCUT2D eigenvalue weighted by atomic mass is 16.5. The van der Waals surface area contributed by atoms with Crippen LogP contribution >= 0.6 is 0 Å². The summed E-state index contributed by atoms with van der Waals surface area (Å²) in [4.78, 5) is 0. The van der Waals surface area contributed by atoms with Crippen LogP contribution in [0.25, 0.3) is 0 Å². The van der Waals surface area contributed by atoms with Crippen molar-refractivity contribution in [3.63, 3.8) is 0 Å². The van der Waals surface area contributed by atoms with E-state index in [0.717, 1.165) is 23.9 Å². The minimum atomic E-state index is -0.430. The van der Waals surface area contributed by atoms with Gasteiger partial charge in [-0.25, -0.2) is 0 Å². The van der Waals surface area contributed by atoms with Crippen LogP contribution in [0.1, 0.15) is 31.9 Å². The molecule has 3 nitrogen and oxygen atoms in total. The average Bonchev–Trinajstić information content (AvgIpc) is 3.13. The van der Waals surface area contributed by atoms with Gasteiger partial charge in [0.25, 0.3) is 0 Å². The molecule has 19 heavy (non-hydrogen) atoms. The lowest BCUT2D eigenvalue weighted by Crippen LogP contribution is -2.32. The summed E-state index contributed by atoms with van der Waals surface area (Å²) in [5.41, 5.74) is 1.15. The normalized spacial score (nSPS) is 25.0.